The summed E-state index contributed by atoms with van der Waals surface area (Å²) < 4.78 is 5.26. The molecule has 26 heavy (non-hydrogen) atoms. The smallest absolute Gasteiger partial charge is 0.407 e. The van der Waals surface area contributed by atoms with Crippen LogP contribution in [0, 0.1) is 6.92 Å². The number of likely N-dealkylation sites (N-methyl/N-ethyl adjacent to an activating group) is 1. The van der Waals surface area contributed by atoms with E-state index in [1.807, 2.05) is 39.6 Å². The van der Waals surface area contributed by atoms with Gasteiger partial charge in [-0.25, -0.2) is 9.78 Å². The first-order chi connectivity index (χ1) is 12.1. The summed E-state index contributed by atoms with van der Waals surface area (Å²) in [4.78, 5) is 34.2. The molecule has 0 unspecified atom stereocenters. The number of nitrogens with one attached hydrogen (secondary N) is 3. The molecule has 0 atom stereocenters. The zero-order valence-electron chi connectivity index (χ0n) is 15.8. The third-order valence-electron chi connectivity index (χ3n) is 4.27. The molecule has 1 aliphatic carbocycles. The molecule has 0 aromatic carbocycles. The van der Waals surface area contributed by atoms with Gasteiger partial charge in [0.15, 0.2) is 5.82 Å². The molecule has 1 aliphatic heterocycles. The number of hydrogen-bond donors (Lipinski definition) is 3. The summed E-state index contributed by atoms with van der Waals surface area (Å²) in [7, 11) is 1.83. The van der Waals surface area contributed by atoms with Crippen LogP contribution in [0.1, 0.15) is 39.3 Å². The molecule has 3 N–H and O–H groups in total. The lowest BCUT2D eigenvalue weighted by molar-refractivity contribution is -0.115. The van der Waals surface area contributed by atoms with Crippen LogP contribution in [-0.2, 0) is 9.53 Å². The summed E-state index contributed by atoms with van der Waals surface area (Å²) in [5, 5.41) is 8.98. The van der Waals surface area contributed by atoms with Gasteiger partial charge in [0.25, 0.3) is 0 Å². The first-order valence-electron chi connectivity index (χ1n) is 8.76. The Kier molecular flexibility index (Phi) is 4.64. The number of aromatic nitrogens is 2. The summed E-state index contributed by atoms with van der Waals surface area (Å²) in [5.41, 5.74) is 0.883. The zero-order valence-corrected chi connectivity index (χ0v) is 15.8. The number of hydrogen-bond acceptors (Lipinski definition) is 7. The van der Waals surface area contributed by atoms with Crippen molar-refractivity contribution in [3.63, 3.8) is 0 Å². The second kappa shape index (κ2) is 6.62. The standard InChI is InChI=1S/C17H26N6O3/c1-9-13-14(23(5)8-12(24)21-13)22-15(18-9)19-10-6-11(7-10)20-16(25)26-17(2,3)4/h10-11H,6-8H2,1-5H3,(H,20,25)(H,21,24)(H,18,19,22). The van der Waals surface area contributed by atoms with Crippen LogP contribution in [0.2, 0.25) is 0 Å². The maximum absolute atomic E-state index is 11.8. The summed E-state index contributed by atoms with van der Waals surface area (Å²) in [5.74, 6) is 1.18. The minimum atomic E-state index is -0.499. The van der Waals surface area contributed by atoms with Crippen LogP contribution >= 0.6 is 0 Å². The minimum absolute atomic E-state index is 0.0672. The fraction of sp³-hybridized carbons (Fsp3) is 0.647. The normalized spacial score (nSPS) is 22.0. The third kappa shape index (κ3) is 4.14. The number of aryl methyl sites for hydroxylation is 1. The van der Waals surface area contributed by atoms with Gasteiger partial charge in [0, 0.05) is 19.1 Å². The molecule has 0 bridgehead atoms. The van der Waals surface area contributed by atoms with E-state index in [9.17, 15) is 9.59 Å². The molecule has 3 rings (SSSR count). The van der Waals surface area contributed by atoms with Gasteiger partial charge in [-0.3, -0.25) is 4.79 Å². The highest BCUT2D eigenvalue weighted by atomic mass is 16.6. The average Bonchev–Trinajstić information content (AvgIpc) is 2.44. The SMILES string of the molecule is Cc1nc(NC2CC(NC(=O)OC(C)(C)C)C2)nc2c1NC(=O)CN2C. The van der Waals surface area contributed by atoms with Crippen molar-refractivity contribution in [3.8, 4) is 0 Å². The molecular weight excluding hydrogens is 336 g/mol. The van der Waals surface area contributed by atoms with E-state index in [4.69, 9.17) is 4.74 Å². The van der Waals surface area contributed by atoms with Gasteiger partial charge in [-0.1, -0.05) is 0 Å². The van der Waals surface area contributed by atoms with E-state index in [0.29, 0.717) is 17.5 Å². The number of nitrogens with zero attached hydrogens (tertiary/aromatic N) is 3. The van der Waals surface area contributed by atoms with Crippen LogP contribution in [0.25, 0.3) is 0 Å². The summed E-state index contributed by atoms with van der Waals surface area (Å²) >= 11 is 0. The van der Waals surface area contributed by atoms with Gasteiger partial charge in [-0.05, 0) is 40.5 Å². The highest BCUT2D eigenvalue weighted by Gasteiger charge is 2.33. The van der Waals surface area contributed by atoms with Crippen molar-refractivity contribution in [1.82, 2.24) is 15.3 Å². The van der Waals surface area contributed by atoms with Gasteiger partial charge in [0.2, 0.25) is 11.9 Å². The average molecular weight is 362 g/mol. The van der Waals surface area contributed by atoms with E-state index < -0.39 is 5.60 Å². The van der Waals surface area contributed by atoms with Crippen LogP contribution < -0.4 is 20.9 Å². The van der Waals surface area contributed by atoms with Gasteiger partial charge >= 0.3 is 6.09 Å². The number of amides is 2. The first kappa shape index (κ1) is 18.2. The van der Waals surface area contributed by atoms with E-state index in [1.165, 1.54) is 0 Å². The van der Waals surface area contributed by atoms with Crippen LogP contribution in [-0.4, -0.2) is 53.2 Å². The number of rotatable bonds is 3. The molecule has 1 saturated carbocycles. The summed E-state index contributed by atoms with van der Waals surface area (Å²) in [6.07, 6.45) is 1.18. The largest absolute Gasteiger partial charge is 0.444 e. The second-order valence-electron chi connectivity index (χ2n) is 7.89. The zero-order chi connectivity index (χ0) is 19.1. The quantitative estimate of drug-likeness (QED) is 0.750. The Morgan fingerprint density at radius 1 is 1.27 bits per heavy atom. The topological polar surface area (TPSA) is 108 Å². The fourth-order valence-electron chi connectivity index (χ4n) is 3.02. The lowest BCUT2D eigenvalue weighted by atomic mass is 9.87. The second-order valence-corrected chi connectivity index (χ2v) is 7.89. The molecular formula is C17H26N6O3. The van der Waals surface area contributed by atoms with Crippen molar-refractivity contribution in [2.45, 2.75) is 58.2 Å². The van der Waals surface area contributed by atoms with Gasteiger partial charge < -0.3 is 25.6 Å². The predicted molar refractivity (Wildman–Crippen MR) is 98.5 cm³/mol. The van der Waals surface area contributed by atoms with Crippen molar-refractivity contribution in [1.29, 1.82) is 0 Å². The highest BCUT2D eigenvalue weighted by Crippen LogP contribution is 2.31. The molecule has 2 aliphatic rings. The number of fused-ring (bicyclic) bond motifs is 1. The van der Waals surface area contributed by atoms with Crippen LogP contribution in [0.15, 0.2) is 0 Å². The van der Waals surface area contributed by atoms with E-state index in [0.717, 1.165) is 18.5 Å². The van der Waals surface area contributed by atoms with Gasteiger partial charge in [-0.2, -0.15) is 4.98 Å². The van der Waals surface area contributed by atoms with Crippen molar-refractivity contribution < 1.29 is 14.3 Å². The molecule has 0 saturated heterocycles. The minimum Gasteiger partial charge on any atom is -0.444 e. The fourth-order valence-corrected chi connectivity index (χ4v) is 3.02. The van der Waals surface area contributed by atoms with E-state index >= 15 is 0 Å². The van der Waals surface area contributed by atoms with Crippen LogP contribution in [0.3, 0.4) is 0 Å². The molecule has 1 aromatic heterocycles. The highest BCUT2D eigenvalue weighted by molar-refractivity contribution is 6.00. The van der Waals surface area contributed by atoms with Crippen LogP contribution in [0.5, 0.6) is 0 Å². The van der Waals surface area contributed by atoms with E-state index in [1.54, 1.807) is 0 Å². The number of anilines is 3. The number of alkyl carbamates (subject to hydrolysis) is 1. The maximum atomic E-state index is 11.8. The maximum Gasteiger partial charge on any atom is 0.407 e. The Balaban J connectivity index is 1.55. The van der Waals surface area contributed by atoms with Gasteiger partial charge in [0.05, 0.1) is 12.2 Å². The lowest BCUT2D eigenvalue weighted by Gasteiger charge is -2.37. The Hall–Kier alpha value is -2.58. The summed E-state index contributed by atoms with van der Waals surface area (Å²) in [6, 6.07) is 0.277. The van der Waals surface area contributed by atoms with Crippen molar-refractivity contribution in [2.24, 2.45) is 0 Å². The Labute approximate surface area is 152 Å². The Bertz CT molecular complexity index is 724. The molecule has 9 nitrogen and oxygen atoms in total. The molecule has 1 fully saturated rings. The predicted octanol–water partition coefficient (Wildman–Crippen LogP) is 1.64. The number of carbonyl (C=O) groups is 2. The molecule has 2 amide bonds. The van der Waals surface area contributed by atoms with Crippen molar-refractivity contribution in [2.75, 3.05) is 29.1 Å². The number of carbonyl (C=O) groups excluding carboxylic acids is 2. The first-order valence-corrected chi connectivity index (χ1v) is 8.76. The van der Waals surface area contributed by atoms with Crippen molar-refractivity contribution >= 4 is 29.5 Å². The molecule has 0 radical (unpaired) electrons. The molecule has 142 valence electrons. The molecule has 9 heteroatoms. The van der Waals surface area contributed by atoms with Crippen LogP contribution in [0.4, 0.5) is 22.2 Å². The lowest BCUT2D eigenvalue weighted by Crippen LogP contribution is -2.51. The van der Waals surface area contributed by atoms with Gasteiger partial charge in [0.1, 0.15) is 11.3 Å². The third-order valence-corrected chi connectivity index (χ3v) is 4.27. The Morgan fingerprint density at radius 3 is 2.62 bits per heavy atom. The van der Waals surface area contributed by atoms with Crippen molar-refractivity contribution in [3.05, 3.63) is 5.69 Å². The van der Waals surface area contributed by atoms with E-state index in [-0.39, 0.29) is 30.6 Å². The monoisotopic (exact) mass is 362 g/mol. The summed E-state index contributed by atoms with van der Waals surface area (Å²) in [6.45, 7) is 7.64. The molecule has 0 spiro atoms. The molecule has 1 aromatic rings. The van der Waals surface area contributed by atoms with Gasteiger partial charge in [-0.15, -0.1) is 0 Å². The molecule has 2 heterocycles. The van der Waals surface area contributed by atoms with E-state index in [2.05, 4.69) is 25.9 Å². The Morgan fingerprint density at radius 2 is 1.96 bits per heavy atom. The number of ether oxygens (including phenoxy) is 1.